The van der Waals surface area contributed by atoms with E-state index in [2.05, 4.69) is 10.6 Å². The van der Waals surface area contributed by atoms with Crippen molar-refractivity contribution in [3.05, 3.63) is 29.3 Å². The van der Waals surface area contributed by atoms with Crippen molar-refractivity contribution in [3.63, 3.8) is 0 Å². The first-order valence-corrected chi connectivity index (χ1v) is 9.29. The molecule has 1 saturated carbocycles. The van der Waals surface area contributed by atoms with Gasteiger partial charge in [0, 0.05) is 18.3 Å². The van der Waals surface area contributed by atoms with Crippen LogP contribution in [0.4, 0.5) is 32.0 Å². The summed E-state index contributed by atoms with van der Waals surface area (Å²) in [5.41, 5.74) is -3.11. The van der Waals surface area contributed by atoms with Gasteiger partial charge in [0.2, 0.25) is 0 Å². The second-order valence-electron chi connectivity index (χ2n) is 7.31. The van der Waals surface area contributed by atoms with Crippen molar-refractivity contribution in [1.29, 1.82) is 0 Å². The van der Waals surface area contributed by atoms with Crippen molar-refractivity contribution < 1.29 is 26.3 Å². The van der Waals surface area contributed by atoms with E-state index in [-0.39, 0.29) is 22.9 Å². The number of hydrogen-bond donors (Lipinski definition) is 2. The zero-order valence-electron chi connectivity index (χ0n) is 15.5. The van der Waals surface area contributed by atoms with Crippen molar-refractivity contribution in [1.82, 2.24) is 10.2 Å². The number of alkyl halides is 6. The molecule has 0 heterocycles. The molecule has 0 amide bonds. The normalized spacial score (nSPS) is 20.9. The Hall–Kier alpha value is -1.55. The molecule has 0 saturated heterocycles. The molecule has 1 fully saturated rings. The highest BCUT2D eigenvalue weighted by atomic mass is 32.1. The highest BCUT2D eigenvalue weighted by Crippen LogP contribution is 2.37. The number of halogens is 6. The van der Waals surface area contributed by atoms with Gasteiger partial charge in [-0.3, -0.25) is 0 Å². The maximum atomic E-state index is 13.0. The quantitative estimate of drug-likeness (QED) is 0.515. The topological polar surface area (TPSA) is 27.3 Å². The Morgan fingerprint density at radius 1 is 1.00 bits per heavy atom. The van der Waals surface area contributed by atoms with Crippen molar-refractivity contribution in [2.45, 2.75) is 44.1 Å². The average Bonchev–Trinajstić information content (AvgIpc) is 2.54. The molecule has 2 N–H and O–H groups in total. The SMILES string of the molecule is CN(C)C[C@H]1CCCC[C@H]1NC(=S)Nc1cc(C(F)(F)F)cc(C(F)(F)F)c1. The smallest absolute Gasteiger partial charge is 0.359 e. The lowest BCUT2D eigenvalue weighted by Crippen LogP contribution is -2.46. The molecule has 10 heteroatoms. The lowest BCUT2D eigenvalue weighted by molar-refractivity contribution is -0.143. The molecule has 1 aromatic carbocycles. The molecule has 1 aliphatic carbocycles. The predicted molar refractivity (Wildman–Crippen MR) is 100 cm³/mol. The molecular formula is C18H23F6N3S. The van der Waals surface area contributed by atoms with Crippen molar-refractivity contribution in [2.24, 2.45) is 5.92 Å². The third-order valence-corrected chi connectivity index (χ3v) is 4.89. The van der Waals surface area contributed by atoms with Gasteiger partial charge in [-0.05, 0) is 63.3 Å². The zero-order chi connectivity index (χ0) is 21.1. The summed E-state index contributed by atoms with van der Waals surface area (Å²) in [5, 5.41) is 5.58. The lowest BCUT2D eigenvalue weighted by Gasteiger charge is -2.34. The van der Waals surface area contributed by atoms with Crippen LogP contribution in [0, 0.1) is 5.92 Å². The minimum absolute atomic E-state index is 0.0168. The maximum absolute atomic E-state index is 13.0. The van der Waals surface area contributed by atoms with Gasteiger partial charge >= 0.3 is 12.4 Å². The number of thiocarbonyl (C=S) groups is 1. The van der Waals surface area contributed by atoms with Gasteiger partial charge in [0.25, 0.3) is 0 Å². The summed E-state index contributed by atoms with van der Waals surface area (Å²) < 4.78 is 77.8. The van der Waals surface area contributed by atoms with E-state index >= 15 is 0 Å². The third kappa shape index (κ3) is 6.51. The average molecular weight is 427 g/mol. The summed E-state index contributed by atoms with van der Waals surface area (Å²) in [7, 11) is 3.90. The van der Waals surface area contributed by atoms with Crippen LogP contribution < -0.4 is 10.6 Å². The van der Waals surface area contributed by atoms with Crippen LogP contribution in [-0.2, 0) is 12.4 Å². The molecule has 28 heavy (non-hydrogen) atoms. The van der Waals surface area contributed by atoms with E-state index < -0.39 is 23.5 Å². The monoisotopic (exact) mass is 427 g/mol. The molecular weight excluding hydrogens is 404 g/mol. The van der Waals surface area contributed by atoms with Crippen LogP contribution in [0.5, 0.6) is 0 Å². The summed E-state index contributed by atoms with van der Waals surface area (Å²) in [5.74, 6) is 0.302. The molecule has 2 atom stereocenters. The predicted octanol–water partition coefficient (Wildman–Crippen LogP) is 5.13. The fourth-order valence-electron chi connectivity index (χ4n) is 3.45. The van der Waals surface area contributed by atoms with Gasteiger partial charge in [-0.1, -0.05) is 12.8 Å². The zero-order valence-corrected chi connectivity index (χ0v) is 16.4. The molecule has 0 aromatic heterocycles. The largest absolute Gasteiger partial charge is 0.416 e. The number of anilines is 1. The van der Waals surface area contributed by atoms with Gasteiger partial charge in [0.1, 0.15) is 0 Å². The number of nitrogens with zero attached hydrogens (tertiary/aromatic N) is 1. The second kappa shape index (κ2) is 8.86. The van der Waals surface area contributed by atoms with Crippen LogP contribution in [0.2, 0.25) is 0 Å². The Balaban J connectivity index is 2.16. The molecule has 3 nitrogen and oxygen atoms in total. The van der Waals surface area contributed by atoms with Gasteiger partial charge in [-0.25, -0.2) is 0 Å². The van der Waals surface area contributed by atoms with Gasteiger partial charge < -0.3 is 15.5 Å². The highest BCUT2D eigenvalue weighted by Gasteiger charge is 2.37. The molecule has 1 aromatic rings. The van der Waals surface area contributed by atoms with E-state index in [1.807, 2.05) is 19.0 Å². The number of hydrogen-bond acceptors (Lipinski definition) is 2. The van der Waals surface area contributed by atoms with Crippen molar-refractivity contribution in [3.8, 4) is 0 Å². The van der Waals surface area contributed by atoms with Crippen LogP contribution in [0.25, 0.3) is 0 Å². The number of rotatable bonds is 4. The van der Waals surface area contributed by atoms with Crippen LogP contribution in [-0.4, -0.2) is 36.7 Å². The van der Waals surface area contributed by atoms with Gasteiger partial charge in [0.15, 0.2) is 5.11 Å². The summed E-state index contributed by atoms with van der Waals surface area (Å²) in [6.07, 6.45) is -5.89. The Morgan fingerprint density at radius 3 is 2.04 bits per heavy atom. The molecule has 158 valence electrons. The summed E-state index contributed by atoms with van der Waals surface area (Å²) in [6, 6.07) is 1.36. The van der Waals surface area contributed by atoms with E-state index in [0.717, 1.165) is 32.2 Å². The fraction of sp³-hybridized carbons (Fsp3) is 0.611. The first-order chi connectivity index (χ1) is 12.9. The van der Waals surface area contributed by atoms with Gasteiger partial charge in [-0.15, -0.1) is 0 Å². The summed E-state index contributed by atoms with van der Waals surface area (Å²) in [4.78, 5) is 2.05. The molecule has 0 radical (unpaired) electrons. The molecule has 0 bridgehead atoms. The number of nitrogens with one attached hydrogen (secondary N) is 2. The van der Waals surface area contributed by atoms with Crippen molar-refractivity contribution >= 4 is 23.0 Å². The van der Waals surface area contributed by atoms with Crippen LogP contribution in [0.1, 0.15) is 36.8 Å². The van der Waals surface area contributed by atoms with E-state index in [9.17, 15) is 26.3 Å². The molecule has 0 unspecified atom stereocenters. The second-order valence-corrected chi connectivity index (χ2v) is 7.71. The first-order valence-electron chi connectivity index (χ1n) is 8.88. The Labute approximate surface area is 165 Å². The van der Waals surface area contributed by atoms with Crippen LogP contribution >= 0.6 is 12.2 Å². The standard InChI is InChI=1S/C18H23F6N3S/c1-27(2)10-11-5-3-4-6-15(11)26-16(28)25-14-8-12(17(19,20)21)7-13(9-14)18(22,23)24/h7-9,11,15H,3-6,10H2,1-2H3,(H2,25,26,28)/t11-,15-/m1/s1. The first kappa shape index (κ1) is 22.7. The Morgan fingerprint density at radius 2 is 1.54 bits per heavy atom. The number of benzene rings is 1. The lowest BCUT2D eigenvalue weighted by atomic mass is 9.84. The van der Waals surface area contributed by atoms with Gasteiger partial charge in [0.05, 0.1) is 11.1 Å². The third-order valence-electron chi connectivity index (χ3n) is 4.67. The summed E-state index contributed by atoms with van der Waals surface area (Å²) >= 11 is 5.16. The highest BCUT2D eigenvalue weighted by molar-refractivity contribution is 7.80. The van der Waals surface area contributed by atoms with Gasteiger partial charge in [-0.2, -0.15) is 26.3 Å². The molecule has 2 rings (SSSR count). The molecule has 1 aliphatic rings. The van der Waals surface area contributed by atoms with E-state index in [0.29, 0.717) is 18.1 Å². The van der Waals surface area contributed by atoms with E-state index in [4.69, 9.17) is 12.2 Å². The van der Waals surface area contributed by atoms with E-state index in [1.54, 1.807) is 0 Å². The van der Waals surface area contributed by atoms with Crippen molar-refractivity contribution in [2.75, 3.05) is 26.0 Å². The Kier molecular flexibility index (Phi) is 7.19. The molecule has 0 aliphatic heterocycles. The minimum Gasteiger partial charge on any atom is -0.359 e. The molecule has 0 spiro atoms. The van der Waals surface area contributed by atoms with Crippen LogP contribution in [0.15, 0.2) is 18.2 Å². The maximum Gasteiger partial charge on any atom is 0.416 e. The minimum atomic E-state index is -4.90. The van der Waals surface area contributed by atoms with Crippen LogP contribution in [0.3, 0.4) is 0 Å². The fourth-order valence-corrected chi connectivity index (χ4v) is 3.72. The Bertz CT molecular complexity index is 655. The van der Waals surface area contributed by atoms with E-state index in [1.165, 1.54) is 0 Å². The summed E-state index contributed by atoms with van der Waals surface area (Å²) in [6.45, 7) is 0.821.